The molecule has 0 amide bonds. The maximum Gasteiger partial charge on any atom is 0.302 e. The maximum atomic E-state index is 10.8. The zero-order chi connectivity index (χ0) is 13.9. The highest BCUT2D eigenvalue weighted by molar-refractivity contribution is 9.09. The van der Waals surface area contributed by atoms with Gasteiger partial charge in [0.2, 0.25) is 5.79 Å². The predicted molar refractivity (Wildman–Crippen MR) is 74.4 cm³/mol. The van der Waals surface area contributed by atoms with E-state index in [1.807, 2.05) is 12.1 Å². The molecule has 0 saturated carbocycles. The monoisotopic (exact) mass is 348 g/mol. The third-order valence-corrected chi connectivity index (χ3v) is 3.78. The van der Waals surface area contributed by atoms with Crippen LogP contribution in [-0.2, 0) is 24.8 Å². The minimum Gasteiger partial charge on any atom is -0.463 e. The van der Waals surface area contributed by atoms with Crippen LogP contribution in [0, 0.1) is 0 Å². The lowest BCUT2D eigenvalue weighted by atomic mass is 10.1. The van der Waals surface area contributed by atoms with Crippen molar-refractivity contribution in [1.82, 2.24) is 0 Å². The van der Waals surface area contributed by atoms with Gasteiger partial charge < -0.3 is 14.2 Å². The molecule has 0 radical (unpaired) electrons. The summed E-state index contributed by atoms with van der Waals surface area (Å²) >= 11 is 9.27. The number of alkyl halides is 1. The zero-order valence-electron chi connectivity index (χ0n) is 10.4. The second-order valence-electron chi connectivity index (χ2n) is 4.25. The molecule has 0 N–H and O–H groups in total. The molecule has 0 aromatic heterocycles. The number of hydrogen-bond acceptors (Lipinski definition) is 4. The molecule has 1 fully saturated rings. The van der Waals surface area contributed by atoms with Crippen molar-refractivity contribution in [3.05, 3.63) is 34.9 Å². The van der Waals surface area contributed by atoms with Gasteiger partial charge in [-0.25, -0.2) is 0 Å². The van der Waals surface area contributed by atoms with E-state index >= 15 is 0 Å². The quantitative estimate of drug-likeness (QED) is 0.619. The van der Waals surface area contributed by atoms with Crippen LogP contribution < -0.4 is 0 Å². The van der Waals surface area contributed by atoms with E-state index in [0.717, 1.165) is 5.56 Å². The third kappa shape index (κ3) is 3.48. The average Bonchev–Trinajstić information content (AvgIpc) is 2.82. The summed E-state index contributed by atoms with van der Waals surface area (Å²) in [7, 11) is 0. The lowest BCUT2D eigenvalue weighted by Gasteiger charge is -2.26. The molecule has 0 aliphatic carbocycles. The summed E-state index contributed by atoms with van der Waals surface area (Å²) in [6.07, 6.45) is -0.267. The molecule has 2 rings (SSSR count). The summed E-state index contributed by atoms with van der Waals surface area (Å²) in [6.45, 7) is 1.94. The van der Waals surface area contributed by atoms with Crippen LogP contribution in [0.3, 0.4) is 0 Å². The highest BCUT2D eigenvalue weighted by Crippen LogP contribution is 2.36. The number of carbonyl (C=O) groups is 1. The minimum atomic E-state index is -0.852. The van der Waals surface area contributed by atoms with Crippen molar-refractivity contribution in [1.29, 1.82) is 0 Å². The van der Waals surface area contributed by atoms with Gasteiger partial charge in [-0.3, -0.25) is 4.79 Å². The molecule has 2 atom stereocenters. The first-order valence-corrected chi connectivity index (χ1v) is 7.33. The zero-order valence-corrected chi connectivity index (χ0v) is 12.7. The Labute approximate surface area is 125 Å². The van der Waals surface area contributed by atoms with Crippen molar-refractivity contribution in [3.63, 3.8) is 0 Å². The standard InChI is InChI=1S/C13H14BrClO4/c1-9(16)17-6-12-7-18-13(8-14,19-12)10-2-4-11(15)5-3-10/h2-5,12H,6-8H2,1H3/t12-,13+/m1/s1. The first-order valence-electron chi connectivity index (χ1n) is 5.83. The van der Waals surface area contributed by atoms with E-state index in [4.69, 9.17) is 25.8 Å². The lowest BCUT2D eigenvalue weighted by Crippen LogP contribution is -2.31. The number of halogens is 2. The maximum absolute atomic E-state index is 10.8. The molecule has 1 aliphatic heterocycles. The topological polar surface area (TPSA) is 44.8 Å². The molecule has 1 aromatic rings. The molecule has 4 nitrogen and oxygen atoms in total. The van der Waals surface area contributed by atoms with Crippen LogP contribution in [0.4, 0.5) is 0 Å². The van der Waals surface area contributed by atoms with E-state index in [1.54, 1.807) is 12.1 Å². The van der Waals surface area contributed by atoms with Gasteiger partial charge in [0.1, 0.15) is 12.7 Å². The van der Waals surface area contributed by atoms with Crippen molar-refractivity contribution in [2.45, 2.75) is 18.8 Å². The van der Waals surface area contributed by atoms with E-state index in [-0.39, 0.29) is 18.7 Å². The molecule has 1 saturated heterocycles. The van der Waals surface area contributed by atoms with Crippen LogP contribution in [0.5, 0.6) is 0 Å². The summed E-state index contributed by atoms with van der Waals surface area (Å²) in [5.74, 6) is -1.18. The molecular formula is C13H14BrClO4. The summed E-state index contributed by atoms with van der Waals surface area (Å²) < 4.78 is 16.6. The second kappa shape index (κ2) is 6.22. The number of hydrogen-bond donors (Lipinski definition) is 0. The second-order valence-corrected chi connectivity index (χ2v) is 5.24. The van der Waals surface area contributed by atoms with Crippen molar-refractivity contribution >= 4 is 33.5 Å². The third-order valence-electron chi connectivity index (χ3n) is 2.79. The first-order chi connectivity index (χ1) is 9.05. The molecule has 19 heavy (non-hydrogen) atoms. The van der Waals surface area contributed by atoms with Crippen LogP contribution in [-0.4, -0.2) is 30.6 Å². The Hall–Kier alpha value is -0.620. The Morgan fingerprint density at radius 3 is 2.79 bits per heavy atom. The Balaban J connectivity index is 2.08. The fourth-order valence-corrected chi connectivity index (χ4v) is 2.60. The van der Waals surface area contributed by atoms with Gasteiger partial charge in [0.05, 0.1) is 11.9 Å². The van der Waals surface area contributed by atoms with Crippen LogP contribution in [0.25, 0.3) is 0 Å². The summed E-state index contributed by atoms with van der Waals surface area (Å²) in [5.41, 5.74) is 0.874. The fraction of sp³-hybridized carbons (Fsp3) is 0.462. The SMILES string of the molecule is CC(=O)OC[C@@H]1CO[C@](CBr)(c2ccc(Cl)cc2)O1. The molecular weight excluding hydrogens is 335 g/mol. The van der Waals surface area contributed by atoms with E-state index in [1.165, 1.54) is 6.92 Å². The number of carbonyl (C=O) groups excluding carboxylic acids is 1. The highest BCUT2D eigenvalue weighted by Gasteiger charge is 2.42. The predicted octanol–water partition coefficient (Wildman–Crippen LogP) is 2.87. The van der Waals surface area contributed by atoms with E-state index in [2.05, 4.69) is 15.9 Å². The Bertz CT molecular complexity index is 450. The van der Waals surface area contributed by atoms with Gasteiger partial charge >= 0.3 is 5.97 Å². The van der Waals surface area contributed by atoms with Crippen LogP contribution in [0.2, 0.25) is 5.02 Å². The molecule has 6 heteroatoms. The van der Waals surface area contributed by atoms with Gasteiger partial charge in [-0.15, -0.1) is 0 Å². The van der Waals surface area contributed by atoms with Gasteiger partial charge in [0, 0.05) is 17.5 Å². The molecule has 0 spiro atoms. The largest absolute Gasteiger partial charge is 0.463 e. The number of benzene rings is 1. The van der Waals surface area contributed by atoms with Crippen LogP contribution in [0.15, 0.2) is 24.3 Å². The Kier molecular flexibility index (Phi) is 4.84. The van der Waals surface area contributed by atoms with Gasteiger partial charge in [-0.2, -0.15) is 0 Å². The number of ether oxygens (including phenoxy) is 3. The lowest BCUT2D eigenvalue weighted by molar-refractivity contribution is -0.167. The summed E-state index contributed by atoms with van der Waals surface area (Å²) in [4.78, 5) is 10.8. The van der Waals surface area contributed by atoms with Crippen LogP contribution >= 0.6 is 27.5 Å². The normalized spacial score (nSPS) is 26.4. The first kappa shape index (κ1) is 14.8. The highest BCUT2D eigenvalue weighted by atomic mass is 79.9. The van der Waals surface area contributed by atoms with E-state index in [9.17, 15) is 4.79 Å². The Morgan fingerprint density at radius 2 is 2.21 bits per heavy atom. The van der Waals surface area contributed by atoms with Gasteiger partial charge in [-0.05, 0) is 12.1 Å². The van der Waals surface area contributed by atoms with E-state index < -0.39 is 5.79 Å². The molecule has 1 aromatic carbocycles. The molecule has 1 aliphatic rings. The average molecular weight is 350 g/mol. The number of rotatable bonds is 4. The van der Waals surface area contributed by atoms with Crippen molar-refractivity contribution in [2.75, 3.05) is 18.5 Å². The van der Waals surface area contributed by atoms with Crippen LogP contribution in [0.1, 0.15) is 12.5 Å². The van der Waals surface area contributed by atoms with Gasteiger partial charge in [-0.1, -0.05) is 39.7 Å². The molecule has 1 heterocycles. The summed E-state index contributed by atoms with van der Waals surface area (Å²) in [6, 6.07) is 7.29. The molecule has 0 bridgehead atoms. The van der Waals surface area contributed by atoms with Gasteiger partial charge in [0.15, 0.2) is 0 Å². The molecule has 104 valence electrons. The van der Waals surface area contributed by atoms with Crippen molar-refractivity contribution in [3.8, 4) is 0 Å². The molecule has 0 unspecified atom stereocenters. The summed E-state index contributed by atoms with van der Waals surface area (Å²) in [5, 5.41) is 1.14. The van der Waals surface area contributed by atoms with Crippen molar-refractivity contribution < 1.29 is 19.0 Å². The number of esters is 1. The smallest absolute Gasteiger partial charge is 0.302 e. The van der Waals surface area contributed by atoms with E-state index in [0.29, 0.717) is 17.0 Å². The minimum absolute atomic E-state index is 0.192. The Morgan fingerprint density at radius 1 is 1.53 bits per heavy atom. The van der Waals surface area contributed by atoms with Gasteiger partial charge in [0.25, 0.3) is 0 Å². The van der Waals surface area contributed by atoms with Crippen molar-refractivity contribution in [2.24, 2.45) is 0 Å². The fourth-order valence-electron chi connectivity index (χ4n) is 1.86.